The van der Waals surface area contributed by atoms with E-state index in [1.54, 1.807) is 24.3 Å². The van der Waals surface area contributed by atoms with Crippen LogP contribution in [0.15, 0.2) is 35.9 Å². The number of carbonyl (C=O) groups excluding carboxylic acids is 2. The number of likely N-dealkylation sites (tertiary alicyclic amines) is 1. The highest BCUT2D eigenvalue weighted by atomic mass is 35.5. The fourth-order valence-electron chi connectivity index (χ4n) is 3.18. The number of aliphatic carboxylic acids is 1. The summed E-state index contributed by atoms with van der Waals surface area (Å²) in [5, 5.41) is 9.54. The van der Waals surface area contributed by atoms with Crippen LogP contribution in [0.5, 0.6) is 0 Å². The molecule has 8 nitrogen and oxygen atoms in total. The number of hydrogen-bond donors (Lipinski definition) is 2. The van der Waals surface area contributed by atoms with E-state index in [9.17, 15) is 19.5 Å². The number of nitrogens with two attached hydrogens (primary N) is 1. The van der Waals surface area contributed by atoms with Gasteiger partial charge in [-0.25, -0.2) is 9.59 Å². The van der Waals surface area contributed by atoms with Crippen molar-refractivity contribution in [2.75, 3.05) is 26.1 Å². The van der Waals surface area contributed by atoms with Crippen molar-refractivity contribution in [3.05, 3.63) is 46.5 Å². The topological polar surface area (TPSA) is 119 Å². The van der Waals surface area contributed by atoms with Gasteiger partial charge >= 0.3 is 17.9 Å². The monoisotopic (exact) mass is 456 g/mol. The third kappa shape index (κ3) is 6.46. The largest absolute Gasteiger partial charge is 0.478 e. The van der Waals surface area contributed by atoms with E-state index in [2.05, 4.69) is 0 Å². The Hall–Kier alpha value is -2.07. The molecule has 0 bridgehead atoms. The van der Waals surface area contributed by atoms with Crippen LogP contribution in [0.2, 0.25) is 5.02 Å². The highest BCUT2D eigenvalue weighted by Gasteiger charge is 2.35. The van der Waals surface area contributed by atoms with E-state index in [0.29, 0.717) is 29.1 Å². The second kappa shape index (κ2) is 11.4. The van der Waals surface area contributed by atoms with Crippen LogP contribution in [0.25, 0.3) is 0 Å². The molecule has 0 radical (unpaired) electrons. The molecule has 0 spiro atoms. The summed E-state index contributed by atoms with van der Waals surface area (Å²) in [4.78, 5) is 37.3. The number of piperidine rings is 1. The second-order valence-electron chi connectivity index (χ2n) is 6.79. The van der Waals surface area contributed by atoms with Crippen LogP contribution in [0, 0.1) is 0 Å². The van der Waals surface area contributed by atoms with Crippen molar-refractivity contribution in [2.24, 2.45) is 5.73 Å². The normalized spacial score (nSPS) is 20.4. The van der Waals surface area contributed by atoms with Gasteiger partial charge in [0.2, 0.25) is 0 Å². The summed E-state index contributed by atoms with van der Waals surface area (Å²) in [5.74, 6) is -2.02. The number of methoxy groups -OCH3 is 1. The molecular formula is C20H25ClN2O6S. The minimum Gasteiger partial charge on any atom is -0.478 e. The van der Waals surface area contributed by atoms with Gasteiger partial charge in [0.1, 0.15) is 18.0 Å². The van der Waals surface area contributed by atoms with E-state index in [-0.39, 0.29) is 17.7 Å². The molecule has 1 heterocycles. The molecule has 30 heavy (non-hydrogen) atoms. The molecule has 0 saturated carbocycles. The maximum absolute atomic E-state index is 12.6. The zero-order chi connectivity index (χ0) is 22.3. The smallest absolute Gasteiger partial charge is 0.328 e. The maximum Gasteiger partial charge on any atom is 0.328 e. The molecule has 1 aromatic rings. The number of carboxylic acid groups (broad SMARTS) is 1. The molecule has 3 atom stereocenters. The zero-order valence-corrected chi connectivity index (χ0v) is 18.3. The predicted molar refractivity (Wildman–Crippen MR) is 114 cm³/mol. The maximum atomic E-state index is 12.6. The molecule has 164 valence electrons. The molecule has 1 fully saturated rings. The number of hydrogen-bond acceptors (Lipinski definition) is 8. The van der Waals surface area contributed by atoms with Crippen molar-refractivity contribution in [2.45, 2.75) is 30.7 Å². The number of ether oxygens (including phenoxy) is 2. The minimum absolute atomic E-state index is 0.0624. The number of rotatable bonds is 8. The number of thioether (sulfide) groups is 1. The van der Waals surface area contributed by atoms with Gasteiger partial charge in [-0.3, -0.25) is 9.69 Å². The van der Waals surface area contributed by atoms with E-state index < -0.39 is 30.0 Å². The first kappa shape index (κ1) is 24.2. The zero-order valence-electron chi connectivity index (χ0n) is 16.7. The summed E-state index contributed by atoms with van der Waals surface area (Å²) in [6, 6.07) is 5.50. The lowest BCUT2D eigenvalue weighted by Gasteiger charge is -2.38. The van der Waals surface area contributed by atoms with E-state index in [4.69, 9.17) is 26.8 Å². The first-order valence-electron chi connectivity index (χ1n) is 9.28. The van der Waals surface area contributed by atoms with Crippen molar-refractivity contribution in [3.8, 4) is 0 Å². The van der Waals surface area contributed by atoms with Gasteiger partial charge in [-0.15, -0.1) is 11.8 Å². The highest BCUT2D eigenvalue weighted by molar-refractivity contribution is 7.99. The number of esters is 2. The summed E-state index contributed by atoms with van der Waals surface area (Å²) in [7, 11) is 1.30. The molecule has 3 N–H and O–H groups in total. The third-order valence-electron chi connectivity index (χ3n) is 4.62. The summed E-state index contributed by atoms with van der Waals surface area (Å²) in [6.45, 7) is 2.26. The number of halogens is 1. The highest BCUT2D eigenvalue weighted by Crippen LogP contribution is 2.35. The third-order valence-corrected chi connectivity index (χ3v) is 6.16. The lowest BCUT2D eigenvalue weighted by Crippen LogP contribution is -2.43. The molecule has 2 unspecified atom stereocenters. The predicted octanol–water partition coefficient (Wildman–Crippen LogP) is 2.22. The molecule has 1 aliphatic rings. The van der Waals surface area contributed by atoms with Crippen LogP contribution < -0.4 is 5.73 Å². The molecule has 1 aromatic carbocycles. The van der Waals surface area contributed by atoms with Crippen molar-refractivity contribution in [1.82, 2.24) is 4.90 Å². The number of carbonyl (C=O) groups is 3. The van der Waals surface area contributed by atoms with Crippen LogP contribution in [0.1, 0.15) is 24.9 Å². The fraction of sp³-hybridized carbons (Fsp3) is 0.450. The number of nitrogens with zero attached hydrogens (tertiary/aromatic N) is 1. The van der Waals surface area contributed by atoms with Gasteiger partial charge in [-0.2, -0.15) is 0 Å². The van der Waals surface area contributed by atoms with Crippen LogP contribution in [-0.4, -0.2) is 65.3 Å². The Morgan fingerprint density at radius 3 is 2.67 bits per heavy atom. The minimum atomic E-state index is -1.09. The quantitative estimate of drug-likeness (QED) is 0.344. The Balaban J connectivity index is 2.20. The molecule has 0 amide bonds. The summed E-state index contributed by atoms with van der Waals surface area (Å²) < 4.78 is 10.1. The Kier molecular flexibility index (Phi) is 9.16. The van der Waals surface area contributed by atoms with E-state index >= 15 is 0 Å². The molecule has 0 aliphatic carbocycles. The van der Waals surface area contributed by atoms with Gasteiger partial charge < -0.3 is 20.3 Å². The lowest BCUT2D eigenvalue weighted by atomic mass is 9.98. The van der Waals surface area contributed by atoms with Crippen LogP contribution in [-0.2, 0) is 23.9 Å². The molecule has 2 rings (SSSR count). The first-order chi connectivity index (χ1) is 14.2. The average molecular weight is 457 g/mol. The summed E-state index contributed by atoms with van der Waals surface area (Å²) in [6.07, 6.45) is 1.69. The molecular weight excluding hydrogens is 432 g/mol. The van der Waals surface area contributed by atoms with Gasteiger partial charge in [-0.05, 0) is 30.5 Å². The van der Waals surface area contributed by atoms with Crippen molar-refractivity contribution in [3.63, 3.8) is 0 Å². The molecule has 10 heteroatoms. The van der Waals surface area contributed by atoms with Crippen molar-refractivity contribution < 1.29 is 29.0 Å². The van der Waals surface area contributed by atoms with Gasteiger partial charge in [0.05, 0.1) is 7.11 Å². The fourth-order valence-corrected chi connectivity index (χ4v) is 4.39. The van der Waals surface area contributed by atoms with E-state index in [0.717, 1.165) is 6.08 Å². The molecule has 1 aliphatic heterocycles. The van der Waals surface area contributed by atoms with Gasteiger partial charge in [0, 0.05) is 29.4 Å². The lowest BCUT2D eigenvalue weighted by molar-refractivity contribution is -0.147. The van der Waals surface area contributed by atoms with Gasteiger partial charge in [0.15, 0.2) is 0 Å². The Bertz CT molecular complexity index is 816. The summed E-state index contributed by atoms with van der Waals surface area (Å²) >= 11 is 7.63. The van der Waals surface area contributed by atoms with Gasteiger partial charge in [0.25, 0.3) is 0 Å². The SMILES string of the molecule is COC(=O)[C@H](c1ccccc1Cl)N1CCC(SCOC(=O)C(C)N)/C(=C/C(=O)O)C1. The van der Waals surface area contributed by atoms with Crippen molar-refractivity contribution in [1.29, 1.82) is 0 Å². The molecule has 0 aromatic heterocycles. The summed E-state index contributed by atoms with van der Waals surface area (Å²) in [5.41, 5.74) is 6.68. The van der Waals surface area contributed by atoms with Crippen LogP contribution in [0.4, 0.5) is 0 Å². The standard InChI is InChI=1S/C20H25ClN2O6S/c1-12(22)19(26)29-11-30-16-7-8-23(10-13(16)9-17(24)25)18(20(27)28-2)14-5-3-4-6-15(14)21/h3-6,9,12,16,18H,7-8,10-11,22H2,1-2H3,(H,24,25)/b13-9+/t12?,16?,18-/m0/s1. The Morgan fingerprint density at radius 1 is 1.37 bits per heavy atom. The van der Waals surface area contributed by atoms with E-state index in [1.165, 1.54) is 25.8 Å². The van der Waals surface area contributed by atoms with Gasteiger partial charge in [-0.1, -0.05) is 29.8 Å². The Morgan fingerprint density at radius 2 is 2.07 bits per heavy atom. The average Bonchev–Trinajstić information content (AvgIpc) is 2.70. The Labute approximate surface area is 184 Å². The molecule has 1 saturated heterocycles. The second-order valence-corrected chi connectivity index (χ2v) is 8.33. The first-order valence-corrected chi connectivity index (χ1v) is 10.7. The van der Waals surface area contributed by atoms with E-state index in [1.807, 2.05) is 4.90 Å². The van der Waals surface area contributed by atoms with Crippen LogP contribution in [0.3, 0.4) is 0 Å². The number of carboxylic acids is 1. The van der Waals surface area contributed by atoms with Crippen LogP contribution >= 0.6 is 23.4 Å². The van der Waals surface area contributed by atoms with Crippen molar-refractivity contribution >= 4 is 41.3 Å². The number of benzene rings is 1.